The zero-order valence-corrected chi connectivity index (χ0v) is 17.9. The molecule has 1 aliphatic heterocycles. The SMILES string of the molecule is CC(C)NC(=O)C[NH+](C)CC(=O)N(Cc1cccs1)c1ccc2c(c1)OCCO2. The van der Waals surface area contributed by atoms with Gasteiger partial charge >= 0.3 is 0 Å². The van der Waals surface area contributed by atoms with Crippen molar-refractivity contribution in [3.05, 3.63) is 40.6 Å². The number of likely N-dealkylation sites (N-methyl/N-ethyl adjacent to an activating group) is 1. The van der Waals surface area contributed by atoms with Crippen LogP contribution in [-0.2, 0) is 16.1 Å². The summed E-state index contributed by atoms with van der Waals surface area (Å²) in [5, 5.41) is 4.86. The van der Waals surface area contributed by atoms with E-state index in [4.69, 9.17) is 9.47 Å². The third kappa shape index (κ3) is 5.95. The molecular weight excluding hydrogens is 390 g/mol. The first-order valence-electron chi connectivity index (χ1n) is 9.75. The summed E-state index contributed by atoms with van der Waals surface area (Å²) in [6, 6.07) is 9.63. The Morgan fingerprint density at radius 2 is 1.93 bits per heavy atom. The molecule has 8 heteroatoms. The van der Waals surface area contributed by atoms with Crippen molar-refractivity contribution in [1.29, 1.82) is 0 Å². The molecule has 0 fully saturated rings. The number of carbonyl (C=O) groups excluding carboxylic acids is 2. The number of anilines is 1. The van der Waals surface area contributed by atoms with Gasteiger partial charge in [0.15, 0.2) is 24.6 Å². The van der Waals surface area contributed by atoms with Crippen LogP contribution >= 0.6 is 11.3 Å². The second kappa shape index (κ2) is 9.76. The molecule has 1 aliphatic rings. The molecule has 0 radical (unpaired) electrons. The quantitative estimate of drug-likeness (QED) is 0.673. The zero-order valence-electron chi connectivity index (χ0n) is 17.1. The van der Waals surface area contributed by atoms with Crippen molar-refractivity contribution in [2.75, 3.05) is 38.3 Å². The fraction of sp³-hybridized carbons (Fsp3) is 0.429. The van der Waals surface area contributed by atoms with E-state index in [2.05, 4.69) is 5.32 Å². The number of nitrogens with one attached hydrogen (secondary N) is 2. The van der Waals surface area contributed by atoms with Crippen molar-refractivity contribution < 1.29 is 24.0 Å². The van der Waals surface area contributed by atoms with Crippen molar-refractivity contribution in [1.82, 2.24) is 5.32 Å². The second-order valence-electron chi connectivity index (χ2n) is 7.42. The molecule has 1 aromatic heterocycles. The Morgan fingerprint density at radius 3 is 2.62 bits per heavy atom. The molecule has 1 aromatic carbocycles. The van der Waals surface area contributed by atoms with Crippen LogP contribution in [0.5, 0.6) is 11.5 Å². The number of quaternary nitrogens is 1. The van der Waals surface area contributed by atoms with E-state index in [1.807, 2.05) is 56.6 Å². The van der Waals surface area contributed by atoms with E-state index < -0.39 is 0 Å². The lowest BCUT2D eigenvalue weighted by Gasteiger charge is -2.26. The van der Waals surface area contributed by atoms with Crippen LogP contribution in [0.1, 0.15) is 18.7 Å². The molecule has 1 unspecified atom stereocenters. The van der Waals surface area contributed by atoms with Gasteiger partial charge < -0.3 is 24.6 Å². The first-order chi connectivity index (χ1) is 13.9. The van der Waals surface area contributed by atoms with Gasteiger partial charge in [-0.05, 0) is 37.4 Å². The summed E-state index contributed by atoms with van der Waals surface area (Å²) in [7, 11) is 1.85. The number of hydrogen-bond donors (Lipinski definition) is 2. The van der Waals surface area contributed by atoms with Crippen LogP contribution in [0.4, 0.5) is 5.69 Å². The van der Waals surface area contributed by atoms with Gasteiger partial charge in [-0.3, -0.25) is 9.59 Å². The monoisotopic (exact) mass is 418 g/mol. The maximum atomic E-state index is 13.2. The molecule has 0 aliphatic carbocycles. The van der Waals surface area contributed by atoms with Gasteiger partial charge in [-0.15, -0.1) is 11.3 Å². The Bertz CT molecular complexity index is 838. The average molecular weight is 419 g/mol. The maximum absolute atomic E-state index is 13.2. The van der Waals surface area contributed by atoms with Crippen LogP contribution in [0.3, 0.4) is 0 Å². The second-order valence-corrected chi connectivity index (χ2v) is 8.45. The maximum Gasteiger partial charge on any atom is 0.282 e. The topological polar surface area (TPSA) is 72.3 Å². The van der Waals surface area contributed by atoms with Crippen LogP contribution in [0.15, 0.2) is 35.7 Å². The van der Waals surface area contributed by atoms with Crippen molar-refractivity contribution in [3.8, 4) is 11.5 Å². The number of hydrogen-bond acceptors (Lipinski definition) is 5. The number of ether oxygens (including phenoxy) is 2. The smallest absolute Gasteiger partial charge is 0.282 e. The fourth-order valence-corrected chi connectivity index (χ4v) is 3.84. The normalized spacial score (nSPS) is 13.8. The van der Waals surface area contributed by atoms with Crippen LogP contribution < -0.4 is 24.6 Å². The van der Waals surface area contributed by atoms with Crippen LogP contribution in [-0.4, -0.2) is 51.2 Å². The predicted octanol–water partition coefficient (Wildman–Crippen LogP) is 1.09. The standard InChI is InChI=1S/C21H27N3O4S/c1-15(2)22-20(25)13-23(3)14-21(26)24(12-17-5-4-10-29-17)16-6-7-18-19(11-16)28-9-8-27-18/h4-7,10-11,15H,8-9,12-14H2,1-3H3,(H,22,25)/p+1. The molecule has 3 rings (SSSR count). The molecule has 2 aromatic rings. The first-order valence-corrected chi connectivity index (χ1v) is 10.6. The minimum Gasteiger partial charge on any atom is -0.486 e. The van der Waals surface area contributed by atoms with Crippen LogP contribution in [0.2, 0.25) is 0 Å². The summed E-state index contributed by atoms with van der Waals surface area (Å²) in [5.41, 5.74) is 0.757. The molecule has 0 bridgehead atoms. The van der Waals surface area contributed by atoms with E-state index in [1.54, 1.807) is 16.2 Å². The number of fused-ring (bicyclic) bond motifs is 1. The summed E-state index contributed by atoms with van der Waals surface area (Å²) < 4.78 is 11.3. The minimum absolute atomic E-state index is 0.0510. The molecule has 2 heterocycles. The van der Waals surface area contributed by atoms with Gasteiger partial charge in [-0.2, -0.15) is 0 Å². The predicted molar refractivity (Wildman–Crippen MR) is 113 cm³/mol. The van der Waals surface area contributed by atoms with Crippen molar-refractivity contribution >= 4 is 28.8 Å². The highest BCUT2D eigenvalue weighted by Gasteiger charge is 2.24. The lowest BCUT2D eigenvalue weighted by atomic mass is 10.2. The van der Waals surface area contributed by atoms with E-state index in [1.165, 1.54) is 0 Å². The number of rotatable bonds is 8. The molecular formula is C21H28N3O4S+. The van der Waals surface area contributed by atoms with E-state index >= 15 is 0 Å². The van der Waals surface area contributed by atoms with Crippen LogP contribution in [0.25, 0.3) is 0 Å². The van der Waals surface area contributed by atoms with Gasteiger partial charge in [-0.1, -0.05) is 6.07 Å². The number of nitrogens with zero attached hydrogens (tertiary/aromatic N) is 1. The van der Waals surface area contributed by atoms with Gasteiger partial charge in [0.05, 0.1) is 13.6 Å². The van der Waals surface area contributed by atoms with Crippen molar-refractivity contribution in [2.45, 2.75) is 26.4 Å². The minimum atomic E-state index is -0.0607. The Kier molecular flexibility index (Phi) is 7.11. The number of thiophene rings is 1. The Balaban J connectivity index is 1.74. The lowest BCUT2D eigenvalue weighted by molar-refractivity contribution is -0.862. The Hall–Kier alpha value is -2.58. The summed E-state index contributed by atoms with van der Waals surface area (Å²) in [4.78, 5) is 28.8. The Labute approximate surface area is 175 Å². The molecule has 2 N–H and O–H groups in total. The lowest BCUT2D eigenvalue weighted by Crippen LogP contribution is -3.11. The zero-order chi connectivity index (χ0) is 20.8. The molecule has 1 atom stereocenters. The summed E-state index contributed by atoms with van der Waals surface area (Å²) in [5.74, 6) is 1.23. The van der Waals surface area contributed by atoms with E-state index in [9.17, 15) is 9.59 Å². The largest absolute Gasteiger partial charge is 0.486 e. The molecule has 0 spiro atoms. The molecule has 0 saturated heterocycles. The molecule has 29 heavy (non-hydrogen) atoms. The molecule has 2 amide bonds. The first kappa shape index (κ1) is 21.1. The van der Waals surface area contributed by atoms with Gasteiger partial charge in [0.25, 0.3) is 11.8 Å². The highest BCUT2D eigenvalue weighted by atomic mass is 32.1. The van der Waals surface area contributed by atoms with E-state index in [-0.39, 0.29) is 30.9 Å². The highest BCUT2D eigenvalue weighted by Crippen LogP contribution is 2.34. The summed E-state index contributed by atoms with van der Waals surface area (Å²) in [6.45, 7) is 5.79. The highest BCUT2D eigenvalue weighted by molar-refractivity contribution is 7.09. The van der Waals surface area contributed by atoms with Gasteiger partial charge in [0, 0.05) is 22.7 Å². The number of amides is 2. The molecule has 7 nitrogen and oxygen atoms in total. The van der Waals surface area contributed by atoms with E-state index in [0.717, 1.165) is 15.5 Å². The fourth-order valence-electron chi connectivity index (χ4n) is 3.14. The average Bonchev–Trinajstić information content (AvgIpc) is 3.18. The van der Waals surface area contributed by atoms with Gasteiger partial charge in [0.2, 0.25) is 0 Å². The summed E-state index contributed by atoms with van der Waals surface area (Å²) >= 11 is 1.61. The van der Waals surface area contributed by atoms with Gasteiger partial charge in [0.1, 0.15) is 13.2 Å². The number of benzene rings is 1. The Morgan fingerprint density at radius 1 is 1.17 bits per heavy atom. The summed E-state index contributed by atoms with van der Waals surface area (Å²) in [6.07, 6.45) is 0. The molecule has 0 saturated carbocycles. The van der Waals surface area contributed by atoms with E-state index in [0.29, 0.717) is 31.3 Å². The third-order valence-electron chi connectivity index (χ3n) is 4.40. The third-order valence-corrected chi connectivity index (χ3v) is 5.26. The molecule has 156 valence electrons. The van der Waals surface area contributed by atoms with Crippen LogP contribution in [0, 0.1) is 0 Å². The van der Waals surface area contributed by atoms with Crippen molar-refractivity contribution in [3.63, 3.8) is 0 Å². The number of carbonyl (C=O) groups is 2. The van der Waals surface area contributed by atoms with Crippen molar-refractivity contribution in [2.24, 2.45) is 0 Å². The van der Waals surface area contributed by atoms with Gasteiger partial charge in [-0.25, -0.2) is 0 Å².